The predicted octanol–water partition coefficient (Wildman–Crippen LogP) is 3.75. The number of amides is 1. The zero-order chi connectivity index (χ0) is 18.7. The Morgan fingerprint density at radius 2 is 2.00 bits per heavy atom. The number of fused-ring (bicyclic) bond motifs is 1. The third-order valence-corrected chi connectivity index (χ3v) is 4.36. The molecule has 2 heterocycles. The number of nitrogens with zero attached hydrogens (tertiary/aromatic N) is 1. The van der Waals surface area contributed by atoms with E-state index in [-0.39, 0.29) is 11.5 Å². The van der Waals surface area contributed by atoms with E-state index in [0.29, 0.717) is 12.3 Å². The van der Waals surface area contributed by atoms with Crippen LogP contribution in [0, 0.1) is 0 Å². The normalized spacial score (nSPS) is 11.7. The van der Waals surface area contributed by atoms with Gasteiger partial charge in [0.1, 0.15) is 11.5 Å². The zero-order valence-corrected chi connectivity index (χ0v) is 15.2. The van der Waals surface area contributed by atoms with Crippen molar-refractivity contribution in [3.8, 4) is 0 Å². The van der Waals surface area contributed by atoms with Crippen LogP contribution in [0.1, 0.15) is 30.9 Å². The van der Waals surface area contributed by atoms with E-state index in [1.807, 2.05) is 50.2 Å². The average Bonchev–Trinajstić information content (AvgIpc) is 3.10. The molecule has 0 aliphatic heterocycles. The first kappa shape index (κ1) is 17.7. The summed E-state index contributed by atoms with van der Waals surface area (Å²) in [6, 6.07) is 12.9. The molecule has 0 fully saturated rings. The van der Waals surface area contributed by atoms with Gasteiger partial charge in [0.05, 0.1) is 0 Å². The first-order valence-corrected chi connectivity index (χ1v) is 8.61. The van der Waals surface area contributed by atoms with E-state index in [9.17, 15) is 9.59 Å². The lowest BCUT2D eigenvalue weighted by Gasteiger charge is -2.17. The molecule has 0 saturated carbocycles. The fraction of sp³-hybridized carbons (Fsp3) is 0.238. The fourth-order valence-electron chi connectivity index (χ4n) is 2.89. The van der Waals surface area contributed by atoms with Gasteiger partial charge in [-0.05, 0) is 36.3 Å². The van der Waals surface area contributed by atoms with Crippen LogP contribution in [-0.2, 0) is 17.8 Å². The number of benzene rings is 1. The molecule has 1 amide bonds. The Labute approximate surface area is 151 Å². The highest BCUT2D eigenvalue weighted by Crippen LogP contribution is 2.19. The molecule has 3 rings (SSSR count). The van der Waals surface area contributed by atoms with E-state index < -0.39 is 0 Å². The minimum Gasteiger partial charge on any atom is -0.461 e. The highest BCUT2D eigenvalue weighted by atomic mass is 16.3. The van der Waals surface area contributed by atoms with Crippen LogP contribution < -0.4 is 5.56 Å². The van der Waals surface area contributed by atoms with Crippen LogP contribution in [0.5, 0.6) is 0 Å². The second kappa shape index (κ2) is 7.44. The van der Waals surface area contributed by atoms with Gasteiger partial charge in [-0.2, -0.15) is 0 Å². The highest BCUT2D eigenvalue weighted by molar-refractivity contribution is 5.94. The summed E-state index contributed by atoms with van der Waals surface area (Å²) in [5, 5.41) is 0.936. The number of furan rings is 1. The standard InChI is InChI=1S/C21H22N2O3/c1-4-16-9-10-19(26-16)14(2)11-21(25)23(3)13-15-12-20(24)22-18-8-6-5-7-17(15)18/h5-12H,4,13H2,1-3H3,(H,22,24). The van der Waals surface area contributed by atoms with Gasteiger partial charge in [0, 0.05) is 43.1 Å². The van der Waals surface area contributed by atoms with Crippen LogP contribution in [0.15, 0.2) is 57.8 Å². The Morgan fingerprint density at radius 3 is 2.73 bits per heavy atom. The lowest BCUT2D eigenvalue weighted by atomic mass is 10.1. The largest absolute Gasteiger partial charge is 0.461 e. The number of H-pyrrole nitrogens is 1. The summed E-state index contributed by atoms with van der Waals surface area (Å²) in [6.07, 6.45) is 2.38. The van der Waals surface area contributed by atoms with Crippen LogP contribution in [-0.4, -0.2) is 22.8 Å². The number of likely N-dealkylation sites (N-methyl/N-ethyl adjacent to an activating group) is 1. The molecule has 0 atom stereocenters. The average molecular weight is 350 g/mol. The number of para-hydroxylation sites is 1. The van der Waals surface area contributed by atoms with Gasteiger partial charge in [0.2, 0.25) is 11.5 Å². The maximum Gasteiger partial charge on any atom is 0.248 e. The van der Waals surface area contributed by atoms with Gasteiger partial charge in [0.15, 0.2) is 0 Å². The van der Waals surface area contributed by atoms with Crippen molar-refractivity contribution >= 4 is 22.4 Å². The molecular formula is C21H22N2O3. The van der Waals surface area contributed by atoms with Gasteiger partial charge in [-0.3, -0.25) is 9.59 Å². The fourth-order valence-corrected chi connectivity index (χ4v) is 2.89. The molecule has 5 heteroatoms. The van der Waals surface area contributed by atoms with Gasteiger partial charge < -0.3 is 14.3 Å². The van der Waals surface area contributed by atoms with Crippen molar-refractivity contribution in [1.29, 1.82) is 0 Å². The number of aromatic amines is 1. The van der Waals surface area contributed by atoms with Crippen molar-refractivity contribution in [2.75, 3.05) is 7.05 Å². The maximum atomic E-state index is 12.6. The SMILES string of the molecule is CCc1ccc(C(C)=CC(=O)N(C)Cc2cc(=O)[nH]c3ccccc23)o1. The molecular weight excluding hydrogens is 328 g/mol. The van der Waals surface area contributed by atoms with E-state index in [1.165, 1.54) is 0 Å². The van der Waals surface area contributed by atoms with Crippen LogP contribution in [0.2, 0.25) is 0 Å². The Bertz CT molecular complexity index is 1030. The molecule has 0 bridgehead atoms. The third kappa shape index (κ3) is 3.77. The molecule has 0 aliphatic rings. The number of hydrogen-bond donors (Lipinski definition) is 1. The van der Waals surface area contributed by atoms with Crippen molar-refractivity contribution in [2.45, 2.75) is 26.8 Å². The summed E-state index contributed by atoms with van der Waals surface area (Å²) in [5.74, 6) is 1.45. The molecule has 1 aromatic carbocycles. The number of aromatic nitrogens is 1. The zero-order valence-electron chi connectivity index (χ0n) is 15.2. The molecule has 0 spiro atoms. The number of carbonyl (C=O) groups excluding carboxylic acids is 1. The summed E-state index contributed by atoms with van der Waals surface area (Å²) in [5.41, 5.74) is 2.19. The molecule has 5 nitrogen and oxygen atoms in total. The minimum absolute atomic E-state index is 0.138. The summed E-state index contributed by atoms with van der Waals surface area (Å²) < 4.78 is 5.68. The van der Waals surface area contributed by atoms with Crippen molar-refractivity contribution in [3.05, 3.63) is 76.0 Å². The van der Waals surface area contributed by atoms with Crippen molar-refractivity contribution in [2.24, 2.45) is 0 Å². The number of allylic oxidation sites excluding steroid dienone is 1. The third-order valence-electron chi connectivity index (χ3n) is 4.36. The number of carbonyl (C=O) groups is 1. The van der Waals surface area contributed by atoms with Gasteiger partial charge >= 0.3 is 0 Å². The summed E-state index contributed by atoms with van der Waals surface area (Å²) in [6.45, 7) is 4.23. The van der Waals surface area contributed by atoms with Crippen LogP contribution in [0.3, 0.4) is 0 Å². The first-order chi connectivity index (χ1) is 12.5. The molecule has 3 aromatic rings. The lowest BCUT2D eigenvalue weighted by molar-refractivity contribution is -0.125. The molecule has 0 unspecified atom stereocenters. The Hall–Kier alpha value is -3.08. The number of nitrogens with one attached hydrogen (secondary N) is 1. The van der Waals surface area contributed by atoms with E-state index in [1.54, 1.807) is 24.1 Å². The molecule has 26 heavy (non-hydrogen) atoms. The van der Waals surface area contributed by atoms with E-state index in [4.69, 9.17) is 4.42 Å². The molecule has 0 aliphatic carbocycles. The molecule has 0 radical (unpaired) electrons. The van der Waals surface area contributed by atoms with Crippen molar-refractivity contribution in [1.82, 2.24) is 9.88 Å². The van der Waals surface area contributed by atoms with Crippen LogP contribution in [0.4, 0.5) is 0 Å². The number of pyridine rings is 1. The summed E-state index contributed by atoms with van der Waals surface area (Å²) >= 11 is 0. The Balaban J connectivity index is 1.81. The van der Waals surface area contributed by atoms with Gasteiger partial charge in [-0.25, -0.2) is 0 Å². The number of hydrogen-bond acceptors (Lipinski definition) is 3. The quantitative estimate of drug-likeness (QED) is 0.713. The van der Waals surface area contributed by atoms with Gasteiger partial charge in [-0.1, -0.05) is 25.1 Å². The maximum absolute atomic E-state index is 12.6. The van der Waals surface area contributed by atoms with E-state index in [0.717, 1.165) is 34.2 Å². The summed E-state index contributed by atoms with van der Waals surface area (Å²) in [4.78, 5) is 28.8. The Kier molecular flexibility index (Phi) is 5.07. The minimum atomic E-state index is -0.172. The van der Waals surface area contributed by atoms with E-state index in [2.05, 4.69) is 4.98 Å². The molecule has 134 valence electrons. The van der Waals surface area contributed by atoms with Crippen LogP contribution >= 0.6 is 0 Å². The second-order valence-corrected chi connectivity index (χ2v) is 6.35. The first-order valence-electron chi connectivity index (χ1n) is 8.61. The smallest absolute Gasteiger partial charge is 0.248 e. The van der Waals surface area contributed by atoms with E-state index >= 15 is 0 Å². The monoisotopic (exact) mass is 350 g/mol. The predicted molar refractivity (Wildman–Crippen MR) is 103 cm³/mol. The highest BCUT2D eigenvalue weighted by Gasteiger charge is 2.12. The second-order valence-electron chi connectivity index (χ2n) is 6.35. The Morgan fingerprint density at radius 1 is 1.23 bits per heavy atom. The molecule has 0 saturated heterocycles. The summed E-state index contributed by atoms with van der Waals surface area (Å²) in [7, 11) is 1.72. The van der Waals surface area contributed by atoms with Crippen LogP contribution in [0.25, 0.3) is 16.5 Å². The topological polar surface area (TPSA) is 66.3 Å². The van der Waals surface area contributed by atoms with Crippen molar-refractivity contribution < 1.29 is 9.21 Å². The number of rotatable bonds is 5. The van der Waals surface area contributed by atoms with Crippen molar-refractivity contribution in [3.63, 3.8) is 0 Å². The molecule has 2 aromatic heterocycles. The number of aryl methyl sites for hydroxylation is 1. The lowest BCUT2D eigenvalue weighted by Crippen LogP contribution is -2.25. The molecule has 1 N–H and O–H groups in total. The van der Waals surface area contributed by atoms with Gasteiger partial charge in [-0.15, -0.1) is 0 Å². The van der Waals surface area contributed by atoms with Gasteiger partial charge in [0.25, 0.3) is 0 Å².